The van der Waals surface area contributed by atoms with Gasteiger partial charge in [0.1, 0.15) is 55.4 Å². The highest BCUT2D eigenvalue weighted by atomic mass is 16.7. The molecule has 0 unspecified atom stereocenters. The lowest BCUT2D eigenvalue weighted by Gasteiger charge is -2.42. The van der Waals surface area contributed by atoms with Crippen molar-refractivity contribution in [3.05, 3.63) is 48.6 Å². The Balaban J connectivity index is 1.25. The first-order valence-corrected chi connectivity index (χ1v) is 24.1. The Morgan fingerprint density at radius 3 is 1.65 bits per heavy atom. The Morgan fingerprint density at radius 1 is 0.606 bits per heavy atom. The maximum atomic E-state index is 13.1. The van der Waals surface area contributed by atoms with Gasteiger partial charge in [0.25, 0.3) is 0 Å². The topological polar surface area (TPSA) is 265 Å². The predicted molar refractivity (Wildman–Crippen MR) is 239 cm³/mol. The molecule has 2 saturated heterocycles. The summed E-state index contributed by atoms with van der Waals surface area (Å²) in [5.74, 6) is -0.391. The first-order valence-electron chi connectivity index (χ1n) is 24.1. The first kappa shape index (κ1) is 55.4. The molecule has 66 heavy (non-hydrogen) atoms. The van der Waals surface area contributed by atoms with Gasteiger partial charge in [0.05, 0.1) is 19.8 Å². The van der Waals surface area contributed by atoms with Crippen molar-refractivity contribution in [3.8, 4) is 0 Å². The van der Waals surface area contributed by atoms with E-state index < -0.39 is 99.3 Å². The molecule has 2 aliphatic carbocycles. The van der Waals surface area contributed by atoms with Crippen LogP contribution >= 0.6 is 0 Å². The van der Waals surface area contributed by atoms with Crippen LogP contribution in [-0.4, -0.2) is 153 Å². The number of ether oxygens (including phenoxy) is 6. The van der Waals surface area contributed by atoms with Gasteiger partial charge in [-0.2, -0.15) is 0 Å². The number of allylic oxidation sites excluding steroid dienone is 8. The van der Waals surface area contributed by atoms with Crippen LogP contribution in [0.4, 0.5) is 0 Å². The summed E-state index contributed by atoms with van der Waals surface area (Å²) >= 11 is 0. The van der Waals surface area contributed by atoms with E-state index in [9.17, 15) is 54.9 Å². The van der Waals surface area contributed by atoms with E-state index in [0.717, 1.165) is 64.2 Å². The molecule has 2 heterocycles. The fourth-order valence-corrected chi connectivity index (χ4v) is 8.78. The number of hydrogen-bond donors (Lipinski definition) is 7. The number of carbonyl (C=O) groups excluding carboxylic acids is 4. The van der Waals surface area contributed by atoms with Gasteiger partial charge < -0.3 is 64.2 Å². The molecular formula is C49H76O17. The molecule has 2 aliphatic heterocycles. The molecule has 4 rings (SSSR count). The summed E-state index contributed by atoms with van der Waals surface area (Å²) in [5.41, 5.74) is 0. The maximum absolute atomic E-state index is 13.1. The van der Waals surface area contributed by atoms with Crippen molar-refractivity contribution < 1.29 is 83.3 Å². The minimum atomic E-state index is -1.81. The van der Waals surface area contributed by atoms with Crippen molar-refractivity contribution in [2.45, 2.75) is 184 Å². The number of unbranched alkanes of at least 4 members (excludes halogenated alkanes) is 6. The molecule has 2 fully saturated rings. The zero-order valence-electron chi connectivity index (χ0n) is 38.6. The van der Waals surface area contributed by atoms with Gasteiger partial charge in [-0.15, -0.1) is 0 Å². The van der Waals surface area contributed by atoms with E-state index in [2.05, 4.69) is 31.2 Å². The van der Waals surface area contributed by atoms with Crippen LogP contribution in [0.25, 0.3) is 0 Å². The molecule has 4 aliphatic rings. The van der Waals surface area contributed by atoms with Crippen LogP contribution in [0.1, 0.15) is 117 Å². The van der Waals surface area contributed by atoms with E-state index in [-0.39, 0.29) is 54.7 Å². The molecule has 17 heteroatoms. The second-order valence-corrected chi connectivity index (χ2v) is 17.9. The van der Waals surface area contributed by atoms with E-state index in [1.54, 1.807) is 12.2 Å². The van der Waals surface area contributed by atoms with Crippen molar-refractivity contribution in [2.24, 2.45) is 23.7 Å². The monoisotopic (exact) mass is 937 g/mol. The Labute approximate surface area is 388 Å². The van der Waals surface area contributed by atoms with Crippen molar-refractivity contribution >= 4 is 23.5 Å². The average Bonchev–Trinajstić information content (AvgIpc) is 3.84. The second kappa shape index (κ2) is 29.6. The fraction of sp³-hybridized carbons (Fsp3) is 0.755. The molecule has 0 radical (unpaired) electrons. The van der Waals surface area contributed by atoms with E-state index in [1.807, 2.05) is 19.1 Å². The summed E-state index contributed by atoms with van der Waals surface area (Å²) in [6.07, 6.45) is 9.83. The molecule has 0 bridgehead atoms. The highest BCUT2D eigenvalue weighted by Gasteiger charge is 2.48. The zero-order valence-corrected chi connectivity index (χ0v) is 38.6. The van der Waals surface area contributed by atoms with Crippen molar-refractivity contribution in [1.82, 2.24) is 0 Å². The number of aliphatic hydroxyl groups is 7. The molecule has 15 atom stereocenters. The molecular weight excluding hydrogens is 861 g/mol. The summed E-state index contributed by atoms with van der Waals surface area (Å²) in [7, 11) is 0. The number of rotatable bonds is 30. The Kier molecular flexibility index (Phi) is 24.9. The van der Waals surface area contributed by atoms with Gasteiger partial charge in [-0.25, -0.2) is 0 Å². The fourth-order valence-electron chi connectivity index (χ4n) is 8.78. The lowest BCUT2D eigenvalue weighted by molar-refractivity contribution is -0.332. The van der Waals surface area contributed by atoms with Crippen molar-refractivity contribution in [1.29, 1.82) is 0 Å². The Hall–Kier alpha value is -3.20. The van der Waals surface area contributed by atoms with Gasteiger partial charge in [0.15, 0.2) is 30.3 Å². The number of aliphatic hydroxyl groups excluding tert-OH is 7. The van der Waals surface area contributed by atoms with E-state index >= 15 is 0 Å². The van der Waals surface area contributed by atoms with Crippen molar-refractivity contribution in [2.75, 3.05) is 26.4 Å². The quantitative estimate of drug-likeness (QED) is 0.0310. The predicted octanol–water partition coefficient (Wildman–Crippen LogP) is 3.22. The van der Waals surface area contributed by atoms with Gasteiger partial charge in [-0.1, -0.05) is 88.8 Å². The van der Waals surface area contributed by atoms with Crippen LogP contribution in [0.2, 0.25) is 0 Å². The SMILES string of the molecule is CC/C=C\C[C@H]1C(=O)C=C[C@@H]1CCCCCCCC(=O)OC[C@H](CO[C@@H]1O[C@H](CO[C@H]2O[C@H](CO)[C@H](O)[C@H](O)[C@H]2O)[C@H](O)[C@H](O)[C@H]1O)OC(=O)CCCCC[C@H]1C=CC(=O)[C@@H]1C/C=C\CC. The van der Waals surface area contributed by atoms with Crippen LogP contribution in [0.3, 0.4) is 0 Å². The van der Waals surface area contributed by atoms with Crippen LogP contribution in [0, 0.1) is 23.7 Å². The average molecular weight is 937 g/mol. The summed E-state index contributed by atoms with van der Waals surface area (Å²) in [6, 6.07) is 0. The van der Waals surface area contributed by atoms with Gasteiger partial charge in [-0.05, 0) is 75.4 Å². The van der Waals surface area contributed by atoms with Gasteiger partial charge in [0.2, 0.25) is 0 Å². The van der Waals surface area contributed by atoms with Crippen LogP contribution in [0.5, 0.6) is 0 Å². The minimum Gasteiger partial charge on any atom is -0.462 e. The number of hydrogen-bond acceptors (Lipinski definition) is 17. The molecule has 0 aromatic heterocycles. The van der Waals surface area contributed by atoms with E-state index in [4.69, 9.17) is 28.4 Å². The molecule has 0 amide bonds. The lowest BCUT2D eigenvalue weighted by atomic mass is 9.87. The third-order valence-corrected chi connectivity index (χ3v) is 12.8. The summed E-state index contributed by atoms with van der Waals surface area (Å²) in [4.78, 5) is 50.6. The lowest BCUT2D eigenvalue weighted by Crippen LogP contribution is -2.61. The Bertz CT molecular complexity index is 1590. The number of carbonyl (C=O) groups is 4. The highest BCUT2D eigenvalue weighted by Crippen LogP contribution is 2.32. The summed E-state index contributed by atoms with van der Waals surface area (Å²) in [6.45, 7) is 2.03. The van der Waals surface area contributed by atoms with Crippen LogP contribution < -0.4 is 0 Å². The number of ketones is 2. The van der Waals surface area contributed by atoms with Crippen LogP contribution in [-0.2, 0) is 47.6 Å². The van der Waals surface area contributed by atoms with E-state index in [1.165, 1.54) is 0 Å². The Morgan fingerprint density at radius 2 is 1.09 bits per heavy atom. The van der Waals surface area contributed by atoms with Gasteiger partial charge in [-0.3, -0.25) is 19.2 Å². The molecule has 0 saturated carbocycles. The molecule has 17 nitrogen and oxygen atoms in total. The van der Waals surface area contributed by atoms with Gasteiger partial charge >= 0.3 is 11.9 Å². The second-order valence-electron chi connectivity index (χ2n) is 17.9. The largest absolute Gasteiger partial charge is 0.462 e. The van der Waals surface area contributed by atoms with Gasteiger partial charge in [0, 0.05) is 24.7 Å². The first-order chi connectivity index (χ1) is 31.8. The van der Waals surface area contributed by atoms with Crippen LogP contribution in [0.15, 0.2) is 48.6 Å². The molecule has 0 aromatic carbocycles. The van der Waals surface area contributed by atoms with Crippen molar-refractivity contribution in [3.63, 3.8) is 0 Å². The molecule has 0 aromatic rings. The number of esters is 2. The molecule has 7 N–H and O–H groups in total. The maximum Gasteiger partial charge on any atom is 0.306 e. The normalized spacial score (nSPS) is 32.8. The standard InChI is InChI=1S/C49H76O17/c1-3-5-11-19-34-31(23-25-36(34)51)17-13-8-7-9-15-21-40(53)61-28-33(64-41(54)22-16-10-14-18-32-24-26-37(52)35(32)20-12-6-4-2)29-62-48-47(60)45(58)43(56)39(66-48)30-63-49-46(59)44(57)42(55)38(27-50)65-49/h5-6,11-12,23-26,31-35,38-39,42-50,55-60H,3-4,7-10,13-22,27-30H2,1-2H3/b11-5-,12-6-/t31-,32-,33+,34+,35+,38+,39+,42-,43-,44-,45-,46+,47+,48+,49-/m0/s1. The molecule has 374 valence electrons. The molecule has 0 spiro atoms. The summed E-state index contributed by atoms with van der Waals surface area (Å²) < 4.78 is 33.5. The van der Waals surface area contributed by atoms with E-state index in [0.29, 0.717) is 25.7 Å². The highest BCUT2D eigenvalue weighted by molar-refractivity contribution is 5.95. The third kappa shape index (κ3) is 17.4. The zero-order chi connectivity index (χ0) is 48.0. The third-order valence-electron chi connectivity index (χ3n) is 12.8. The minimum absolute atomic E-state index is 0.0185. The smallest absolute Gasteiger partial charge is 0.306 e. The summed E-state index contributed by atoms with van der Waals surface area (Å²) in [5, 5.41) is 72.1.